The quantitative estimate of drug-likeness (QED) is 0.189. The number of hydrogen-bond acceptors (Lipinski definition) is 8. The second-order valence-electron chi connectivity index (χ2n) is 7.45. The number of hydrogen-bond donors (Lipinski definition) is 2. The van der Waals surface area contributed by atoms with E-state index in [9.17, 15) is 9.90 Å². The van der Waals surface area contributed by atoms with E-state index in [0.29, 0.717) is 28.9 Å². The van der Waals surface area contributed by atoms with Crippen molar-refractivity contribution >= 4 is 23.9 Å². The van der Waals surface area contributed by atoms with Crippen LogP contribution in [-0.2, 0) is 4.79 Å². The molecule has 0 unspecified atom stereocenters. The Morgan fingerprint density at radius 3 is 2.61 bits per heavy atom. The molecule has 1 aromatic heterocycles. The fourth-order valence-electron chi connectivity index (χ4n) is 3.34. The molecule has 4 rings (SSSR count). The minimum absolute atomic E-state index is 0.0293. The lowest BCUT2D eigenvalue weighted by Gasteiger charge is -2.11. The number of hydrazone groups is 1. The van der Waals surface area contributed by atoms with Crippen molar-refractivity contribution in [3.05, 3.63) is 78.4 Å². The predicted molar refractivity (Wildman–Crippen MR) is 139 cm³/mol. The highest BCUT2D eigenvalue weighted by atomic mass is 32.2. The van der Waals surface area contributed by atoms with Crippen LogP contribution >= 0.6 is 11.8 Å². The van der Waals surface area contributed by atoms with E-state index in [2.05, 4.69) is 20.7 Å². The molecule has 0 aliphatic carbocycles. The highest BCUT2D eigenvalue weighted by Crippen LogP contribution is 2.29. The van der Waals surface area contributed by atoms with E-state index in [1.807, 2.05) is 66.1 Å². The Labute approximate surface area is 212 Å². The van der Waals surface area contributed by atoms with E-state index in [-0.39, 0.29) is 17.4 Å². The van der Waals surface area contributed by atoms with Crippen LogP contribution in [0.3, 0.4) is 0 Å². The number of benzene rings is 3. The molecule has 1 heterocycles. The van der Waals surface area contributed by atoms with Gasteiger partial charge in [-0.15, -0.1) is 10.2 Å². The number of ether oxygens (including phenoxy) is 2. The lowest BCUT2D eigenvalue weighted by Crippen LogP contribution is -2.20. The highest BCUT2D eigenvalue weighted by Gasteiger charge is 2.17. The molecular weight excluding hydrogens is 478 g/mol. The largest absolute Gasteiger partial charge is 0.504 e. The van der Waals surface area contributed by atoms with Crippen LogP contribution in [0.4, 0.5) is 0 Å². The minimum atomic E-state index is -0.301. The fraction of sp³-hybridized carbons (Fsp3) is 0.154. The third kappa shape index (κ3) is 6.02. The number of nitrogens with zero attached hydrogens (tertiary/aromatic N) is 4. The van der Waals surface area contributed by atoms with Gasteiger partial charge >= 0.3 is 0 Å². The SMILES string of the molecule is CCOc1ccc(-n2c(SCC(=O)N/N=C\c3ccc(O)c(OC)c3)nnc2-c2ccccc2)cc1. The third-order valence-electron chi connectivity index (χ3n) is 5.01. The molecule has 0 fully saturated rings. The van der Waals surface area contributed by atoms with Gasteiger partial charge in [0, 0.05) is 11.3 Å². The topological polar surface area (TPSA) is 111 Å². The third-order valence-corrected chi connectivity index (χ3v) is 5.94. The molecular formula is C26H25N5O4S. The van der Waals surface area contributed by atoms with E-state index < -0.39 is 0 Å². The van der Waals surface area contributed by atoms with E-state index >= 15 is 0 Å². The fourth-order valence-corrected chi connectivity index (χ4v) is 4.09. The lowest BCUT2D eigenvalue weighted by molar-refractivity contribution is -0.118. The Bertz CT molecular complexity index is 1340. The molecule has 0 spiro atoms. The van der Waals surface area contributed by atoms with Gasteiger partial charge in [-0.3, -0.25) is 9.36 Å². The van der Waals surface area contributed by atoms with Gasteiger partial charge in [-0.05, 0) is 55.0 Å². The summed E-state index contributed by atoms with van der Waals surface area (Å²) in [6, 6.07) is 22.2. The number of methoxy groups -OCH3 is 1. The van der Waals surface area contributed by atoms with Crippen LogP contribution in [0.5, 0.6) is 17.2 Å². The van der Waals surface area contributed by atoms with E-state index in [1.165, 1.54) is 31.2 Å². The van der Waals surface area contributed by atoms with Gasteiger partial charge in [0.1, 0.15) is 5.75 Å². The van der Waals surface area contributed by atoms with Crippen LogP contribution in [-0.4, -0.2) is 51.5 Å². The molecule has 9 nitrogen and oxygen atoms in total. The smallest absolute Gasteiger partial charge is 0.250 e. The summed E-state index contributed by atoms with van der Waals surface area (Å²) >= 11 is 1.25. The van der Waals surface area contributed by atoms with Crippen LogP contribution in [0.1, 0.15) is 12.5 Å². The summed E-state index contributed by atoms with van der Waals surface area (Å²) in [6.45, 7) is 2.52. The van der Waals surface area contributed by atoms with Crippen molar-refractivity contribution < 1.29 is 19.4 Å². The van der Waals surface area contributed by atoms with Crippen molar-refractivity contribution in [3.8, 4) is 34.3 Å². The molecule has 0 saturated carbocycles. The number of aromatic hydroxyl groups is 1. The molecule has 2 N–H and O–H groups in total. The summed E-state index contributed by atoms with van der Waals surface area (Å²) in [5.74, 6) is 1.57. The first kappa shape index (κ1) is 24.8. The maximum absolute atomic E-state index is 12.4. The van der Waals surface area contributed by atoms with Gasteiger partial charge < -0.3 is 14.6 Å². The maximum atomic E-state index is 12.4. The van der Waals surface area contributed by atoms with E-state index in [4.69, 9.17) is 9.47 Å². The first-order valence-corrected chi connectivity index (χ1v) is 12.1. The number of amides is 1. The standard InChI is InChI=1S/C26H25N5O4S/c1-3-35-21-12-10-20(11-13-21)31-25(19-7-5-4-6-8-19)29-30-26(31)36-17-24(33)28-27-16-18-9-14-22(32)23(15-18)34-2/h4-16,32H,3,17H2,1-2H3,(H,28,33)/b27-16-. The average Bonchev–Trinajstić information content (AvgIpc) is 3.33. The molecule has 4 aromatic rings. The number of rotatable bonds is 10. The zero-order valence-corrected chi connectivity index (χ0v) is 20.6. The number of phenols is 1. The monoisotopic (exact) mass is 503 g/mol. The molecule has 0 saturated heterocycles. The normalized spacial score (nSPS) is 10.9. The molecule has 0 aliphatic heterocycles. The van der Waals surface area contributed by atoms with Gasteiger partial charge in [0.15, 0.2) is 22.5 Å². The summed E-state index contributed by atoms with van der Waals surface area (Å²) in [4.78, 5) is 12.4. The predicted octanol–water partition coefficient (Wildman–Crippen LogP) is 4.29. The van der Waals surface area contributed by atoms with Crippen molar-refractivity contribution in [2.75, 3.05) is 19.5 Å². The second kappa shape index (κ2) is 11.9. The van der Waals surface area contributed by atoms with Crippen LogP contribution in [0.15, 0.2) is 83.1 Å². The first-order valence-electron chi connectivity index (χ1n) is 11.1. The number of nitrogens with one attached hydrogen (secondary N) is 1. The Kier molecular flexibility index (Phi) is 8.20. The summed E-state index contributed by atoms with van der Waals surface area (Å²) < 4.78 is 12.5. The molecule has 0 atom stereocenters. The van der Waals surface area contributed by atoms with Crippen LogP contribution in [0.2, 0.25) is 0 Å². The van der Waals surface area contributed by atoms with Gasteiger partial charge in [0.05, 0.1) is 25.7 Å². The Balaban J connectivity index is 1.49. The molecule has 184 valence electrons. The van der Waals surface area contributed by atoms with Crippen LogP contribution in [0.25, 0.3) is 17.1 Å². The number of carbonyl (C=O) groups excluding carboxylic acids is 1. The van der Waals surface area contributed by atoms with Gasteiger partial charge in [0.2, 0.25) is 0 Å². The number of phenolic OH excluding ortho intramolecular Hbond substituents is 1. The van der Waals surface area contributed by atoms with Crippen molar-refractivity contribution in [1.29, 1.82) is 0 Å². The minimum Gasteiger partial charge on any atom is -0.504 e. The maximum Gasteiger partial charge on any atom is 0.250 e. The van der Waals surface area contributed by atoms with Crippen molar-refractivity contribution in [2.45, 2.75) is 12.1 Å². The van der Waals surface area contributed by atoms with Gasteiger partial charge in [-0.1, -0.05) is 42.1 Å². The van der Waals surface area contributed by atoms with Crippen molar-refractivity contribution in [1.82, 2.24) is 20.2 Å². The molecule has 1 amide bonds. The van der Waals surface area contributed by atoms with Crippen LogP contribution < -0.4 is 14.9 Å². The first-order chi connectivity index (χ1) is 17.6. The van der Waals surface area contributed by atoms with Gasteiger partial charge in [0.25, 0.3) is 5.91 Å². The molecule has 10 heteroatoms. The summed E-state index contributed by atoms with van der Waals surface area (Å²) in [5.41, 5.74) is 4.93. The molecule has 0 bridgehead atoms. The average molecular weight is 504 g/mol. The van der Waals surface area contributed by atoms with Crippen molar-refractivity contribution in [3.63, 3.8) is 0 Å². The van der Waals surface area contributed by atoms with Crippen molar-refractivity contribution in [2.24, 2.45) is 5.10 Å². The summed E-state index contributed by atoms with van der Waals surface area (Å²) in [7, 11) is 1.46. The zero-order valence-electron chi connectivity index (χ0n) is 19.8. The highest BCUT2D eigenvalue weighted by molar-refractivity contribution is 7.99. The van der Waals surface area contributed by atoms with E-state index in [0.717, 1.165) is 17.0 Å². The Morgan fingerprint density at radius 1 is 1.11 bits per heavy atom. The number of aromatic nitrogens is 3. The Hall–Kier alpha value is -4.31. The van der Waals surface area contributed by atoms with Crippen LogP contribution in [0, 0.1) is 0 Å². The number of thioether (sulfide) groups is 1. The molecule has 0 aliphatic rings. The lowest BCUT2D eigenvalue weighted by atomic mass is 10.2. The number of carbonyl (C=O) groups is 1. The molecule has 0 radical (unpaired) electrons. The molecule has 3 aromatic carbocycles. The van der Waals surface area contributed by atoms with Gasteiger partial charge in [-0.25, -0.2) is 5.43 Å². The van der Waals surface area contributed by atoms with E-state index in [1.54, 1.807) is 12.1 Å². The van der Waals surface area contributed by atoms with Gasteiger partial charge in [-0.2, -0.15) is 5.10 Å². The summed E-state index contributed by atoms with van der Waals surface area (Å²) in [5, 5.41) is 23.0. The molecule has 36 heavy (non-hydrogen) atoms. The second-order valence-corrected chi connectivity index (χ2v) is 8.39. The Morgan fingerprint density at radius 2 is 1.89 bits per heavy atom. The zero-order chi connectivity index (χ0) is 25.3. The summed E-state index contributed by atoms with van der Waals surface area (Å²) in [6.07, 6.45) is 1.47.